The molecule has 1 aromatic carbocycles. The molecule has 0 spiro atoms. The number of carbonyl (C=O) groups excluding carboxylic acids is 1. The minimum absolute atomic E-state index is 0.324. The molecule has 1 aromatic heterocycles. The largest absolute Gasteiger partial charge is 0.497 e. The Balaban J connectivity index is 2.44. The number of rotatable bonds is 5. The zero-order chi connectivity index (χ0) is 16.3. The molecule has 0 saturated heterocycles. The van der Waals surface area contributed by atoms with Crippen LogP contribution < -0.4 is 4.74 Å². The fraction of sp³-hybridized carbons (Fsp3) is 0.312. The Morgan fingerprint density at radius 1 is 1.32 bits per heavy atom. The quantitative estimate of drug-likeness (QED) is 0.915. The number of carboxylic acid groups (broad SMARTS) is 1. The second-order valence-corrected chi connectivity index (χ2v) is 4.89. The van der Waals surface area contributed by atoms with E-state index in [0.29, 0.717) is 23.6 Å². The number of benzene rings is 1. The van der Waals surface area contributed by atoms with E-state index in [1.807, 2.05) is 6.07 Å². The van der Waals surface area contributed by atoms with Gasteiger partial charge in [-0.2, -0.15) is 0 Å². The van der Waals surface area contributed by atoms with Gasteiger partial charge in [-0.15, -0.1) is 0 Å². The summed E-state index contributed by atoms with van der Waals surface area (Å²) in [6.07, 6.45) is 0. The molecule has 2 aromatic rings. The topological polar surface area (TPSA) is 79.7 Å². The van der Waals surface area contributed by atoms with E-state index in [1.165, 1.54) is 4.90 Å². The Labute approximate surface area is 128 Å². The van der Waals surface area contributed by atoms with Gasteiger partial charge in [0.15, 0.2) is 0 Å². The van der Waals surface area contributed by atoms with Gasteiger partial charge in [-0.25, -0.2) is 0 Å². The lowest BCUT2D eigenvalue weighted by Crippen LogP contribution is -2.35. The van der Waals surface area contributed by atoms with E-state index in [1.54, 1.807) is 39.2 Å². The van der Waals surface area contributed by atoms with Gasteiger partial charge < -0.3 is 14.7 Å². The number of aryl methyl sites for hydroxylation is 1. The van der Waals surface area contributed by atoms with Crippen molar-refractivity contribution in [2.24, 2.45) is 0 Å². The molecule has 0 aliphatic rings. The zero-order valence-corrected chi connectivity index (χ0v) is 12.8. The summed E-state index contributed by atoms with van der Waals surface area (Å²) in [4.78, 5) is 29.1. The van der Waals surface area contributed by atoms with Crippen LogP contribution in [0.2, 0.25) is 0 Å². The average Bonchev–Trinajstić information content (AvgIpc) is 2.50. The van der Waals surface area contributed by atoms with Gasteiger partial charge in [0.1, 0.15) is 12.3 Å². The van der Waals surface area contributed by atoms with Crippen LogP contribution in [0.5, 0.6) is 5.75 Å². The second kappa shape index (κ2) is 6.43. The van der Waals surface area contributed by atoms with Gasteiger partial charge in [0, 0.05) is 18.0 Å². The fourth-order valence-electron chi connectivity index (χ4n) is 2.25. The van der Waals surface area contributed by atoms with E-state index in [-0.39, 0.29) is 12.5 Å². The number of aliphatic carboxylic acids is 1. The van der Waals surface area contributed by atoms with Crippen molar-refractivity contribution in [2.75, 3.05) is 20.2 Å². The van der Waals surface area contributed by atoms with Crippen LogP contribution in [-0.2, 0) is 4.79 Å². The van der Waals surface area contributed by atoms with E-state index >= 15 is 0 Å². The third-order valence-corrected chi connectivity index (χ3v) is 3.44. The number of methoxy groups -OCH3 is 1. The Morgan fingerprint density at radius 2 is 2.05 bits per heavy atom. The normalized spacial score (nSPS) is 10.5. The summed E-state index contributed by atoms with van der Waals surface area (Å²) >= 11 is 0. The summed E-state index contributed by atoms with van der Waals surface area (Å²) in [5, 5.41) is 9.69. The number of nitrogens with zero attached hydrogens (tertiary/aromatic N) is 2. The highest BCUT2D eigenvalue weighted by Gasteiger charge is 2.20. The highest BCUT2D eigenvalue weighted by Crippen LogP contribution is 2.22. The van der Waals surface area contributed by atoms with E-state index in [0.717, 1.165) is 10.9 Å². The molecule has 22 heavy (non-hydrogen) atoms. The third-order valence-electron chi connectivity index (χ3n) is 3.44. The predicted octanol–water partition coefficient (Wildman–Crippen LogP) is 2.10. The Hall–Kier alpha value is -2.63. The van der Waals surface area contributed by atoms with Crippen LogP contribution >= 0.6 is 0 Å². The summed E-state index contributed by atoms with van der Waals surface area (Å²) in [6, 6.07) is 7.16. The van der Waals surface area contributed by atoms with Crippen LogP contribution in [-0.4, -0.2) is 47.1 Å². The van der Waals surface area contributed by atoms with E-state index in [9.17, 15) is 9.59 Å². The Kier molecular flexibility index (Phi) is 4.60. The molecule has 2 rings (SSSR count). The van der Waals surface area contributed by atoms with Gasteiger partial charge in [0.2, 0.25) is 0 Å². The Morgan fingerprint density at radius 3 is 2.64 bits per heavy atom. The lowest BCUT2D eigenvalue weighted by molar-refractivity contribution is -0.137. The molecule has 1 N–H and O–H groups in total. The molecule has 0 bridgehead atoms. The molecule has 0 aliphatic heterocycles. The average molecular weight is 302 g/mol. The number of fused-ring (bicyclic) bond motifs is 1. The molecule has 0 aliphatic carbocycles. The maximum atomic E-state index is 12.5. The van der Waals surface area contributed by atoms with Gasteiger partial charge in [-0.1, -0.05) is 0 Å². The van der Waals surface area contributed by atoms with E-state index in [2.05, 4.69) is 4.98 Å². The second-order valence-electron chi connectivity index (χ2n) is 4.89. The minimum Gasteiger partial charge on any atom is -0.497 e. The number of hydrogen-bond acceptors (Lipinski definition) is 4. The Bertz CT molecular complexity index is 727. The van der Waals surface area contributed by atoms with Crippen LogP contribution in [0.15, 0.2) is 24.3 Å². The number of pyridine rings is 1. The smallest absolute Gasteiger partial charge is 0.323 e. The monoisotopic (exact) mass is 302 g/mol. The molecule has 1 heterocycles. The molecule has 0 saturated carbocycles. The molecule has 0 atom stereocenters. The summed E-state index contributed by atoms with van der Waals surface area (Å²) < 4.78 is 5.16. The first-order valence-corrected chi connectivity index (χ1v) is 6.92. The molecule has 1 amide bonds. The van der Waals surface area contributed by atoms with Crippen molar-refractivity contribution < 1.29 is 19.4 Å². The third kappa shape index (κ3) is 3.16. The van der Waals surface area contributed by atoms with Gasteiger partial charge in [-0.05, 0) is 32.0 Å². The molecule has 0 radical (unpaired) electrons. The first kappa shape index (κ1) is 15.8. The zero-order valence-electron chi connectivity index (χ0n) is 12.8. The lowest BCUT2D eigenvalue weighted by atomic mass is 10.1. The van der Waals surface area contributed by atoms with Crippen molar-refractivity contribution in [1.82, 2.24) is 9.88 Å². The highest BCUT2D eigenvalue weighted by atomic mass is 16.5. The number of carboxylic acids is 1. The van der Waals surface area contributed by atoms with Crippen LogP contribution in [0.25, 0.3) is 10.9 Å². The minimum atomic E-state index is -1.04. The molecule has 6 nitrogen and oxygen atoms in total. The molecule has 0 fully saturated rings. The fourth-order valence-corrected chi connectivity index (χ4v) is 2.25. The number of ether oxygens (including phenoxy) is 1. The summed E-state index contributed by atoms with van der Waals surface area (Å²) in [6.45, 7) is 3.48. The SMILES string of the molecule is CCN(CC(=O)O)C(=O)c1cc2ccc(OC)cc2nc1C. The number of hydrogen-bond donors (Lipinski definition) is 1. The van der Waals surface area contributed by atoms with Crippen molar-refractivity contribution in [3.8, 4) is 5.75 Å². The number of carbonyl (C=O) groups is 2. The maximum Gasteiger partial charge on any atom is 0.323 e. The summed E-state index contributed by atoms with van der Waals surface area (Å²) in [5.74, 6) is -0.668. The van der Waals surface area contributed by atoms with E-state index < -0.39 is 5.97 Å². The molecule has 6 heteroatoms. The first-order valence-electron chi connectivity index (χ1n) is 6.92. The van der Waals surface area contributed by atoms with Crippen LogP contribution in [0.4, 0.5) is 0 Å². The van der Waals surface area contributed by atoms with Crippen molar-refractivity contribution in [2.45, 2.75) is 13.8 Å². The van der Waals surface area contributed by atoms with Crippen LogP contribution in [0.3, 0.4) is 0 Å². The molecule has 116 valence electrons. The number of aromatic nitrogens is 1. The van der Waals surface area contributed by atoms with Gasteiger partial charge in [0.05, 0.1) is 23.9 Å². The molecule has 0 unspecified atom stereocenters. The standard InChI is InChI=1S/C16H18N2O4/c1-4-18(9-15(19)20)16(21)13-7-11-5-6-12(22-3)8-14(11)17-10(13)2/h5-8H,4,9H2,1-3H3,(H,19,20). The molecular weight excluding hydrogens is 284 g/mol. The highest BCUT2D eigenvalue weighted by molar-refractivity contribution is 5.99. The van der Waals surface area contributed by atoms with Crippen molar-refractivity contribution in [1.29, 1.82) is 0 Å². The molecular formula is C16H18N2O4. The first-order chi connectivity index (χ1) is 10.5. The van der Waals surface area contributed by atoms with Gasteiger partial charge in [0.25, 0.3) is 5.91 Å². The summed E-state index contributed by atoms with van der Waals surface area (Å²) in [5.41, 5.74) is 1.71. The summed E-state index contributed by atoms with van der Waals surface area (Å²) in [7, 11) is 1.58. The van der Waals surface area contributed by atoms with Crippen molar-refractivity contribution >= 4 is 22.8 Å². The predicted molar refractivity (Wildman–Crippen MR) is 82.2 cm³/mol. The number of likely N-dealkylation sites (N-methyl/N-ethyl adjacent to an activating group) is 1. The number of amides is 1. The lowest BCUT2D eigenvalue weighted by Gasteiger charge is -2.19. The van der Waals surface area contributed by atoms with E-state index in [4.69, 9.17) is 9.84 Å². The van der Waals surface area contributed by atoms with Gasteiger partial charge >= 0.3 is 5.97 Å². The van der Waals surface area contributed by atoms with Crippen LogP contribution in [0, 0.1) is 6.92 Å². The van der Waals surface area contributed by atoms with Gasteiger partial charge in [-0.3, -0.25) is 14.6 Å². The van der Waals surface area contributed by atoms with Crippen LogP contribution in [0.1, 0.15) is 23.0 Å². The van der Waals surface area contributed by atoms with Crippen molar-refractivity contribution in [3.63, 3.8) is 0 Å². The maximum absolute atomic E-state index is 12.5. The van der Waals surface area contributed by atoms with Crippen molar-refractivity contribution in [3.05, 3.63) is 35.5 Å².